The van der Waals surface area contributed by atoms with E-state index in [0.717, 1.165) is 6.54 Å². The molecule has 0 aromatic heterocycles. The second-order valence-corrected chi connectivity index (χ2v) is 6.46. The van der Waals surface area contributed by atoms with Crippen LogP contribution in [0.25, 0.3) is 0 Å². The lowest BCUT2D eigenvalue weighted by atomic mass is 9.71. The lowest BCUT2D eigenvalue weighted by molar-refractivity contribution is 0.198. The zero-order valence-electron chi connectivity index (χ0n) is 12.9. The molecule has 0 bridgehead atoms. The van der Waals surface area contributed by atoms with E-state index in [9.17, 15) is 0 Å². The summed E-state index contributed by atoms with van der Waals surface area (Å²) in [6, 6.07) is 9.62. The smallest absolute Gasteiger partial charge is 0.0348 e. The maximum Gasteiger partial charge on any atom is 0.0348 e. The fourth-order valence-corrected chi connectivity index (χ4v) is 3.31. The van der Waals surface area contributed by atoms with Gasteiger partial charge in [-0.1, -0.05) is 38.1 Å². The number of hydrogen-bond donors (Lipinski definition) is 1. The van der Waals surface area contributed by atoms with Crippen molar-refractivity contribution in [2.45, 2.75) is 44.6 Å². The maximum absolute atomic E-state index is 3.23. The van der Waals surface area contributed by atoms with E-state index in [4.69, 9.17) is 0 Å². The average Bonchev–Trinajstić information content (AvgIpc) is 2.39. The van der Waals surface area contributed by atoms with Crippen LogP contribution in [-0.2, 0) is 5.41 Å². The van der Waals surface area contributed by atoms with Crippen LogP contribution in [0.3, 0.4) is 0 Å². The highest BCUT2D eigenvalue weighted by molar-refractivity contribution is 5.38. The molecule has 1 aliphatic rings. The number of benzene rings is 1. The minimum Gasteiger partial charge on any atom is -0.320 e. The predicted molar refractivity (Wildman–Crippen MR) is 82.6 cm³/mol. The van der Waals surface area contributed by atoms with Gasteiger partial charge in [-0.3, -0.25) is 4.90 Å². The van der Waals surface area contributed by atoms with Gasteiger partial charge in [0.25, 0.3) is 0 Å². The normalized spacial score (nSPS) is 21.4. The molecule has 0 amide bonds. The molecule has 0 heterocycles. The van der Waals surface area contributed by atoms with Crippen molar-refractivity contribution in [1.82, 2.24) is 10.2 Å². The molecule has 2 nitrogen and oxygen atoms in total. The third-order valence-corrected chi connectivity index (χ3v) is 4.56. The molecular formula is C17H28N2. The van der Waals surface area contributed by atoms with Crippen molar-refractivity contribution in [3.8, 4) is 0 Å². The van der Waals surface area contributed by atoms with Crippen LogP contribution < -0.4 is 5.32 Å². The van der Waals surface area contributed by atoms with Gasteiger partial charge in [0.05, 0.1) is 0 Å². The summed E-state index contributed by atoms with van der Waals surface area (Å²) in [5.41, 5.74) is 3.43. The first kappa shape index (κ1) is 14.5. The van der Waals surface area contributed by atoms with Crippen molar-refractivity contribution in [3.05, 3.63) is 35.4 Å². The summed E-state index contributed by atoms with van der Waals surface area (Å²) < 4.78 is 0. The summed E-state index contributed by atoms with van der Waals surface area (Å²) in [6.45, 7) is 7.02. The molecule has 2 heteroatoms. The summed E-state index contributed by atoms with van der Waals surface area (Å²) >= 11 is 0. The molecule has 0 aliphatic heterocycles. The van der Waals surface area contributed by atoms with Gasteiger partial charge in [0.15, 0.2) is 0 Å². The number of nitrogens with zero attached hydrogens (tertiary/aromatic N) is 1. The largest absolute Gasteiger partial charge is 0.320 e. The Morgan fingerprint density at radius 2 is 2.05 bits per heavy atom. The van der Waals surface area contributed by atoms with Gasteiger partial charge in [-0.05, 0) is 63.0 Å². The van der Waals surface area contributed by atoms with Gasteiger partial charge in [-0.15, -0.1) is 0 Å². The first-order valence-electron chi connectivity index (χ1n) is 7.50. The Hall–Kier alpha value is -0.860. The third kappa shape index (κ3) is 3.18. The molecule has 0 saturated carbocycles. The second-order valence-electron chi connectivity index (χ2n) is 6.46. The highest BCUT2D eigenvalue weighted by Gasteiger charge is 2.33. The molecule has 2 rings (SSSR count). The summed E-state index contributed by atoms with van der Waals surface area (Å²) in [5, 5.41) is 3.23. The molecule has 19 heavy (non-hydrogen) atoms. The lowest BCUT2D eigenvalue weighted by Gasteiger charge is -2.40. The van der Waals surface area contributed by atoms with E-state index in [1.807, 2.05) is 7.05 Å². The monoisotopic (exact) mass is 260 g/mol. The Morgan fingerprint density at radius 1 is 1.32 bits per heavy atom. The summed E-state index contributed by atoms with van der Waals surface area (Å²) in [4.78, 5) is 2.53. The van der Waals surface area contributed by atoms with Crippen LogP contribution in [0.2, 0.25) is 0 Å². The van der Waals surface area contributed by atoms with Crippen LogP contribution in [0.5, 0.6) is 0 Å². The highest BCUT2D eigenvalue weighted by Crippen LogP contribution is 2.43. The molecule has 1 aromatic rings. The molecule has 106 valence electrons. The van der Waals surface area contributed by atoms with E-state index in [1.165, 1.54) is 25.8 Å². The van der Waals surface area contributed by atoms with E-state index in [1.54, 1.807) is 11.1 Å². The minimum absolute atomic E-state index is 0.332. The number of nitrogens with one attached hydrogen (secondary N) is 1. The standard InChI is InChI=1S/C17H28N2/c1-17(2)11-10-16(19(4)13-7-12-18-3)14-8-5-6-9-15(14)17/h5-6,8-9,16,18H,7,10-13H2,1-4H3. The van der Waals surface area contributed by atoms with E-state index >= 15 is 0 Å². The fraction of sp³-hybridized carbons (Fsp3) is 0.647. The van der Waals surface area contributed by atoms with Crippen molar-refractivity contribution in [3.63, 3.8) is 0 Å². The first-order chi connectivity index (χ1) is 9.06. The number of rotatable bonds is 5. The lowest BCUT2D eigenvalue weighted by Crippen LogP contribution is -2.35. The molecule has 0 spiro atoms. The summed E-state index contributed by atoms with van der Waals surface area (Å²) in [7, 11) is 4.30. The van der Waals surface area contributed by atoms with Crippen molar-refractivity contribution in [2.75, 3.05) is 27.2 Å². The van der Waals surface area contributed by atoms with Crippen LogP contribution in [0.1, 0.15) is 50.3 Å². The molecule has 1 aromatic carbocycles. The topological polar surface area (TPSA) is 15.3 Å². The summed E-state index contributed by atoms with van der Waals surface area (Å²) in [6.07, 6.45) is 3.78. The molecule has 0 fully saturated rings. The predicted octanol–water partition coefficient (Wildman–Crippen LogP) is 3.34. The number of hydrogen-bond acceptors (Lipinski definition) is 2. The van der Waals surface area contributed by atoms with E-state index in [0.29, 0.717) is 11.5 Å². The molecule has 1 unspecified atom stereocenters. The van der Waals surface area contributed by atoms with Gasteiger partial charge < -0.3 is 5.32 Å². The quantitative estimate of drug-likeness (QED) is 0.817. The van der Waals surface area contributed by atoms with Gasteiger partial charge in [0.2, 0.25) is 0 Å². The van der Waals surface area contributed by atoms with Gasteiger partial charge in [-0.25, -0.2) is 0 Å². The molecule has 0 saturated heterocycles. The van der Waals surface area contributed by atoms with Crippen molar-refractivity contribution in [1.29, 1.82) is 0 Å². The minimum atomic E-state index is 0.332. The van der Waals surface area contributed by atoms with Gasteiger partial charge >= 0.3 is 0 Å². The van der Waals surface area contributed by atoms with Crippen molar-refractivity contribution in [2.24, 2.45) is 0 Å². The van der Waals surface area contributed by atoms with Crippen LogP contribution in [0, 0.1) is 0 Å². The maximum atomic E-state index is 3.23. The summed E-state index contributed by atoms with van der Waals surface area (Å²) in [5.74, 6) is 0. The Morgan fingerprint density at radius 3 is 2.79 bits per heavy atom. The van der Waals surface area contributed by atoms with Crippen molar-refractivity contribution >= 4 is 0 Å². The van der Waals surface area contributed by atoms with Crippen LogP contribution in [-0.4, -0.2) is 32.1 Å². The Bertz CT molecular complexity index is 411. The van der Waals surface area contributed by atoms with Crippen LogP contribution in [0.4, 0.5) is 0 Å². The molecule has 1 N–H and O–H groups in total. The van der Waals surface area contributed by atoms with Crippen molar-refractivity contribution < 1.29 is 0 Å². The van der Waals surface area contributed by atoms with Gasteiger partial charge in [0, 0.05) is 6.04 Å². The van der Waals surface area contributed by atoms with E-state index in [-0.39, 0.29) is 0 Å². The average molecular weight is 260 g/mol. The third-order valence-electron chi connectivity index (χ3n) is 4.56. The molecule has 1 atom stereocenters. The fourth-order valence-electron chi connectivity index (χ4n) is 3.31. The molecule has 0 radical (unpaired) electrons. The SMILES string of the molecule is CNCCCN(C)C1CCC(C)(C)c2ccccc21. The zero-order valence-corrected chi connectivity index (χ0v) is 12.9. The Balaban J connectivity index is 2.15. The highest BCUT2D eigenvalue weighted by atomic mass is 15.1. The van der Waals surface area contributed by atoms with Gasteiger partial charge in [-0.2, -0.15) is 0 Å². The Labute approximate surface area is 118 Å². The second kappa shape index (κ2) is 6.06. The van der Waals surface area contributed by atoms with E-state index in [2.05, 4.69) is 55.4 Å². The van der Waals surface area contributed by atoms with Crippen LogP contribution >= 0.6 is 0 Å². The number of fused-ring (bicyclic) bond motifs is 1. The molecular weight excluding hydrogens is 232 g/mol. The zero-order chi connectivity index (χ0) is 13.9. The van der Waals surface area contributed by atoms with Crippen LogP contribution in [0.15, 0.2) is 24.3 Å². The van der Waals surface area contributed by atoms with E-state index < -0.39 is 0 Å². The molecule has 1 aliphatic carbocycles. The first-order valence-corrected chi connectivity index (χ1v) is 7.50. The Kier molecular flexibility index (Phi) is 4.64. The van der Waals surface area contributed by atoms with Gasteiger partial charge in [0.1, 0.15) is 0 Å².